The lowest BCUT2D eigenvalue weighted by Crippen LogP contribution is -2.28. The summed E-state index contributed by atoms with van der Waals surface area (Å²) in [5, 5.41) is 2.90. The first-order valence-corrected chi connectivity index (χ1v) is 8.64. The largest absolute Gasteiger partial charge is 0.374 e. The molecule has 7 heteroatoms. The highest BCUT2D eigenvalue weighted by atomic mass is 35.5. The number of thiazole rings is 1. The standard InChI is InChI=1S/C15H13ClN2O2S2/c1-20-11(12-4-5-14(16)22-12)7-17-15(19)9-2-3-10-13(6-9)21-8-18-10/h2-6,8,11H,7H2,1H3,(H,17,19)/t11-/m0/s1. The molecular weight excluding hydrogens is 340 g/mol. The van der Waals surface area contributed by atoms with Crippen LogP contribution in [0.4, 0.5) is 0 Å². The van der Waals surface area contributed by atoms with Crippen LogP contribution in [0.2, 0.25) is 4.34 Å². The molecule has 22 heavy (non-hydrogen) atoms. The SMILES string of the molecule is CO[C@@H](CNC(=O)c1ccc2ncsc2c1)c1ccc(Cl)s1. The molecule has 0 aliphatic heterocycles. The van der Waals surface area contributed by atoms with E-state index in [1.165, 1.54) is 22.7 Å². The summed E-state index contributed by atoms with van der Waals surface area (Å²) in [4.78, 5) is 17.5. The maximum atomic E-state index is 12.3. The fourth-order valence-corrected chi connectivity index (χ4v) is 3.94. The van der Waals surface area contributed by atoms with Gasteiger partial charge in [0.15, 0.2) is 0 Å². The highest BCUT2D eigenvalue weighted by Crippen LogP contribution is 2.28. The first-order chi connectivity index (χ1) is 10.7. The van der Waals surface area contributed by atoms with E-state index < -0.39 is 0 Å². The summed E-state index contributed by atoms with van der Waals surface area (Å²) < 4.78 is 7.13. The van der Waals surface area contributed by atoms with Gasteiger partial charge in [0.25, 0.3) is 5.91 Å². The van der Waals surface area contributed by atoms with Gasteiger partial charge in [-0.25, -0.2) is 4.98 Å². The van der Waals surface area contributed by atoms with Crippen LogP contribution in [0.15, 0.2) is 35.8 Å². The van der Waals surface area contributed by atoms with E-state index in [-0.39, 0.29) is 12.0 Å². The molecule has 1 amide bonds. The molecule has 0 aliphatic rings. The number of carbonyl (C=O) groups is 1. The Labute approximate surface area is 140 Å². The first-order valence-electron chi connectivity index (χ1n) is 6.57. The Balaban J connectivity index is 1.68. The topological polar surface area (TPSA) is 51.2 Å². The second-order valence-electron chi connectivity index (χ2n) is 4.61. The molecule has 1 aromatic carbocycles. The van der Waals surface area contributed by atoms with Gasteiger partial charge in [-0.2, -0.15) is 0 Å². The first kappa shape index (κ1) is 15.4. The van der Waals surface area contributed by atoms with Crippen LogP contribution in [-0.4, -0.2) is 24.5 Å². The Morgan fingerprint density at radius 1 is 1.41 bits per heavy atom. The van der Waals surface area contributed by atoms with Gasteiger partial charge in [-0.3, -0.25) is 4.79 Å². The number of aromatic nitrogens is 1. The van der Waals surface area contributed by atoms with Crippen molar-refractivity contribution >= 4 is 50.4 Å². The lowest BCUT2D eigenvalue weighted by atomic mass is 10.2. The molecule has 0 fully saturated rings. The minimum absolute atomic E-state index is 0.125. The zero-order valence-electron chi connectivity index (χ0n) is 11.7. The number of nitrogens with zero attached hydrogens (tertiary/aromatic N) is 1. The Kier molecular flexibility index (Phi) is 4.73. The molecule has 0 aliphatic carbocycles. The number of fused-ring (bicyclic) bond motifs is 1. The summed E-state index contributed by atoms with van der Waals surface area (Å²) in [5.74, 6) is -0.125. The van der Waals surface area contributed by atoms with Crippen LogP contribution in [0.25, 0.3) is 10.2 Å². The zero-order chi connectivity index (χ0) is 15.5. The van der Waals surface area contributed by atoms with E-state index >= 15 is 0 Å². The molecule has 0 bridgehead atoms. The normalized spacial score (nSPS) is 12.5. The molecule has 0 radical (unpaired) electrons. The van der Waals surface area contributed by atoms with Crippen molar-refractivity contribution in [1.29, 1.82) is 0 Å². The second-order valence-corrected chi connectivity index (χ2v) is 7.24. The molecule has 0 saturated carbocycles. The third-order valence-corrected chi connectivity index (χ3v) is 5.35. The minimum Gasteiger partial charge on any atom is -0.374 e. The van der Waals surface area contributed by atoms with Crippen molar-refractivity contribution in [3.05, 3.63) is 50.6 Å². The molecule has 3 aromatic rings. The average Bonchev–Trinajstić information content (AvgIpc) is 3.15. The van der Waals surface area contributed by atoms with Gasteiger partial charge in [0.1, 0.15) is 6.10 Å². The van der Waals surface area contributed by atoms with Crippen LogP contribution in [0.3, 0.4) is 0 Å². The fraction of sp³-hybridized carbons (Fsp3) is 0.200. The molecule has 1 N–H and O–H groups in total. The number of halogens is 1. The molecule has 0 saturated heterocycles. The highest BCUT2D eigenvalue weighted by Gasteiger charge is 2.15. The van der Waals surface area contributed by atoms with Crippen LogP contribution >= 0.6 is 34.3 Å². The third-order valence-electron chi connectivity index (χ3n) is 3.24. The van der Waals surface area contributed by atoms with Gasteiger partial charge in [-0.15, -0.1) is 22.7 Å². The quantitative estimate of drug-likeness (QED) is 0.751. The van der Waals surface area contributed by atoms with Crippen LogP contribution in [0.1, 0.15) is 21.3 Å². The number of thiophene rings is 1. The second kappa shape index (κ2) is 6.75. The third kappa shape index (κ3) is 3.30. The van der Waals surface area contributed by atoms with Crippen molar-refractivity contribution in [2.24, 2.45) is 0 Å². The summed E-state index contributed by atoms with van der Waals surface area (Å²) in [6.07, 6.45) is -0.200. The van der Waals surface area contributed by atoms with Crippen molar-refractivity contribution in [2.75, 3.05) is 13.7 Å². The number of carbonyl (C=O) groups excluding carboxylic acids is 1. The van der Waals surface area contributed by atoms with E-state index in [1.54, 1.807) is 18.7 Å². The Morgan fingerprint density at radius 3 is 3.00 bits per heavy atom. The summed E-state index contributed by atoms with van der Waals surface area (Å²) in [5.41, 5.74) is 3.30. The van der Waals surface area contributed by atoms with Gasteiger partial charge >= 0.3 is 0 Å². The van der Waals surface area contributed by atoms with Crippen molar-refractivity contribution in [2.45, 2.75) is 6.10 Å². The predicted molar refractivity (Wildman–Crippen MR) is 91.0 cm³/mol. The maximum absolute atomic E-state index is 12.3. The van der Waals surface area contributed by atoms with Crippen molar-refractivity contribution in [3.8, 4) is 0 Å². The van der Waals surface area contributed by atoms with E-state index in [0.717, 1.165) is 15.1 Å². The number of nitrogens with one attached hydrogen (secondary N) is 1. The van der Waals surface area contributed by atoms with E-state index in [4.69, 9.17) is 16.3 Å². The lowest BCUT2D eigenvalue weighted by molar-refractivity contribution is 0.0838. The van der Waals surface area contributed by atoms with Gasteiger partial charge < -0.3 is 10.1 Å². The van der Waals surface area contributed by atoms with Gasteiger partial charge in [0.2, 0.25) is 0 Å². The van der Waals surface area contributed by atoms with E-state index in [2.05, 4.69) is 10.3 Å². The van der Waals surface area contributed by atoms with E-state index in [9.17, 15) is 4.79 Å². The monoisotopic (exact) mass is 352 g/mol. The average molecular weight is 353 g/mol. The summed E-state index contributed by atoms with van der Waals surface area (Å²) >= 11 is 8.91. The van der Waals surface area contributed by atoms with Crippen LogP contribution < -0.4 is 5.32 Å². The molecule has 4 nitrogen and oxygen atoms in total. The fourth-order valence-electron chi connectivity index (χ4n) is 2.09. The van der Waals surface area contributed by atoms with Crippen LogP contribution in [-0.2, 0) is 4.74 Å². The summed E-state index contributed by atoms with van der Waals surface area (Å²) in [6, 6.07) is 9.23. The van der Waals surface area contributed by atoms with E-state index in [1.807, 2.05) is 24.3 Å². The number of hydrogen-bond donors (Lipinski definition) is 1. The molecular formula is C15H13ClN2O2S2. The minimum atomic E-state index is -0.200. The number of amides is 1. The number of benzene rings is 1. The Morgan fingerprint density at radius 2 is 2.27 bits per heavy atom. The van der Waals surface area contributed by atoms with Gasteiger partial charge in [-0.1, -0.05) is 11.6 Å². The smallest absolute Gasteiger partial charge is 0.251 e. The number of ether oxygens (including phenoxy) is 1. The van der Waals surface area contributed by atoms with Gasteiger partial charge in [0.05, 0.1) is 20.1 Å². The Bertz CT molecular complexity index is 800. The molecule has 0 spiro atoms. The van der Waals surface area contributed by atoms with Crippen LogP contribution in [0, 0.1) is 0 Å². The molecule has 2 heterocycles. The summed E-state index contributed by atoms with van der Waals surface area (Å²) in [7, 11) is 1.62. The number of hydrogen-bond acceptors (Lipinski definition) is 5. The van der Waals surface area contributed by atoms with Gasteiger partial charge in [-0.05, 0) is 30.3 Å². The Hall–Kier alpha value is -1.47. The highest BCUT2D eigenvalue weighted by molar-refractivity contribution is 7.16. The van der Waals surface area contributed by atoms with Gasteiger partial charge in [0, 0.05) is 24.1 Å². The molecule has 0 unspecified atom stereocenters. The van der Waals surface area contributed by atoms with Crippen LogP contribution in [0.5, 0.6) is 0 Å². The zero-order valence-corrected chi connectivity index (χ0v) is 14.1. The molecule has 1 atom stereocenters. The number of rotatable bonds is 5. The summed E-state index contributed by atoms with van der Waals surface area (Å²) in [6.45, 7) is 0.396. The predicted octanol–water partition coefficient (Wildman–Crippen LogP) is 4.13. The maximum Gasteiger partial charge on any atom is 0.251 e. The lowest BCUT2D eigenvalue weighted by Gasteiger charge is -2.14. The number of methoxy groups -OCH3 is 1. The van der Waals surface area contributed by atoms with E-state index in [0.29, 0.717) is 16.4 Å². The van der Waals surface area contributed by atoms with Crippen molar-refractivity contribution in [3.63, 3.8) is 0 Å². The molecule has 3 rings (SSSR count). The molecule has 114 valence electrons. The van der Waals surface area contributed by atoms with Crippen molar-refractivity contribution < 1.29 is 9.53 Å². The van der Waals surface area contributed by atoms with Crippen molar-refractivity contribution in [1.82, 2.24) is 10.3 Å². The molecule has 2 aromatic heterocycles.